The van der Waals surface area contributed by atoms with Crippen LogP contribution in [0.2, 0.25) is 0 Å². The van der Waals surface area contributed by atoms with Crippen LogP contribution in [0.5, 0.6) is 0 Å². The van der Waals surface area contributed by atoms with E-state index in [9.17, 15) is 4.79 Å². The van der Waals surface area contributed by atoms with Gasteiger partial charge in [-0.3, -0.25) is 0 Å². The van der Waals surface area contributed by atoms with E-state index in [1.165, 1.54) is 24.0 Å². The van der Waals surface area contributed by atoms with E-state index < -0.39 is 0 Å². The van der Waals surface area contributed by atoms with Gasteiger partial charge in [0.25, 0.3) is 0 Å². The van der Waals surface area contributed by atoms with Gasteiger partial charge in [0.15, 0.2) is 11.6 Å². The van der Waals surface area contributed by atoms with E-state index in [0.717, 1.165) is 63.5 Å². The van der Waals surface area contributed by atoms with Gasteiger partial charge >= 0.3 is 6.03 Å². The Morgan fingerprint density at radius 1 is 1.00 bits per heavy atom. The molecule has 5 fully saturated rings. The molecular formula is C25H29N9O. The molecule has 10 nitrogen and oxygen atoms in total. The first-order valence-corrected chi connectivity index (χ1v) is 12.9. The predicted octanol–water partition coefficient (Wildman–Crippen LogP) is 2.60. The predicted molar refractivity (Wildman–Crippen MR) is 125 cm³/mol. The van der Waals surface area contributed by atoms with Crippen LogP contribution in [0, 0.1) is 5.41 Å². The second-order valence-corrected chi connectivity index (χ2v) is 11.6. The Balaban J connectivity index is 0.832. The molecule has 2 saturated heterocycles. The maximum absolute atomic E-state index is 13.0. The third kappa shape index (κ3) is 3.07. The van der Waals surface area contributed by atoms with Crippen LogP contribution in [0.3, 0.4) is 0 Å². The Morgan fingerprint density at radius 2 is 1.77 bits per heavy atom. The fourth-order valence-electron chi connectivity index (χ4n) is 6.53. The van der Waals surface area contributed by atoms with E-state index in [1.54, 1.807) is 0 Å². The number of aromatic amines is 1. The number of rotatable bonds is 5. The first-order valence-electron chi connectivity index (χ1n) is 12.9. The smallest absolute Gasteiger partial charge is 0.320 e. The van der Waals surface area contributed by atoms with Crippen molar-refractivity contribution >= 4 is 6.03 Å². The van der Waals surface area contributed by atoms with Gasteiger partial charge in [-0.15, -0.1) is 10.2 Å². The summed E-state index contributed by atoms with van der Waals surface area (Å²) in [5.41, 5.74) is 2.81. The molecule has 3 aromatic rings. The summed E-state index contributed by atoms with van der Waals surface area (Å²) in [7, 11) is 0. The van der Waals surface area contributed by atoms with Crippen molar-refractivity contribution in [1.82, 2.24) is 45.2 Å². The van der Waals surface area contributed by atoms with E-state index in [1.807, 2.05) is 16.1 Å². The normalized spacial score (nSPS) is 24.7. The molecule has 4 heterocycles. The number of tetrazole rings is 1. The van der Waals surface area contributed by atoms with Crippen LogP contribution in [-0.2, 0) is 5.41 Å². The molecule has 10 heteroatoms. The highest BCUT2D eigenvalue weighted by Crippen LogP contribution is 2.55. The van der Waals surface area contributed by atoms with E-state index in [2.05, 4.69) is 54.6 Å². The summed E-state index contributed by atoms with van der Waals surface area (Å²) in [5, 5.41) is 19.4. The van der Waals surface area contributed by atoms with Crippen molar-refractivity contribution in [3.63, 3.8) is 0 Å². The molecule has 3 saturated carbocycles. The number of nitrogens with zero attached hydrogens (tertiary/aromatic N) is 8. The minimum atomic E-state index is -0.0609. The van der Waals surface area contributed by atoms with E-state index in [-0.39, 0.29) is 11.4 Å². The van der Waals surface area contributed by atoms with Crippen molar-refractivity contribution in [2.45, 2.75) is 61.8 Å². The fourth-order valence-corrected chi connectivity index (χ4v) is 6.53. The van der Waals surface area contributed by atoms with E-state index in [4.69, 9.17) is 5.10 Å². The van der Waals surface area contributed by atoms with Gasteiger partial charge in [0.2, 0.25) is 0 Å². The molecule has 0 unspecified atom stereocenters. The summed E-state index contributed by atoms with van der Waals surface area (Å²) in [5.74, 6) is 2.84. The number of carbonyl (C=O) groups excluding carboxylic acids is 1. The number of amides is 2. The second-order valence-electron chi connectivity index (χ2n) is 11.6. The van der Waals surface area contributed by atoms with Gasteiger partial charge in [-0.1, -0.05) is 29.5 Å². The van der Waals surface area contributed by atoms with Crippen LogP contribution >= 0.6 is 0 Å². The lowest BCUT2D eigenvalue weighted by atomic mass is 9.61. The largest absolute Gasteiger partial charge is 0.323 e. The second kappa shape index (κ2) is 6.89. The van der Waals surface area contributed by atoms with Crippen LogP contribution in [0.15, 0.2) is 30.6 Å². The highest BCUT2D eigenvalue weighted by Gasteiger charge is 2.56. The summed E-state index contributed by atoms with van der Waals surface area (Å²) >= 11 is 0. The van der Waals surface area contributed by atoms with Crippen molar-refractivity contribution in [3.05, 3.63) is 53.4 Å². The topological polar surface area (TPSA) is 109 Å². The molecule has 2 aliphatic heterocycles. The third-order valence-corrected chi connectivity index (χ3v) is 9.11. The molecule has 0 radical (unpaired) electrons. The Labute approximate surface area is 203 Å². The minimum absolute atomic E-state index is 0.0609. The van der Waals surface area contributed by atoms with Gasteiger partial charge in [-0.05, 0) is 49.7 Å². The summed E-state index contributed by atoms with van der Waals surface area (Å²) in [6, 6.07) is 9.51. The molecule has 2 amide bonds. The van der Waals surface area contributed by atoms with Gasteiger partial charge in [0, 0.05) is 43.4 Å². The Kier molecular flexibility index (Phi) is 3.93. The zero-order chi connectivity index (χ0) is 23.2. The molecule has 8 rings (SSSR count). The average molecular weight is 472 g/mol. The van der Waals surface area contributed by atoms with Crippen molar-refractivity contribution in [2.24, 2.45) is 5.41 Å². The molecule has 0 bridgehead atoms. The lowest BCUT2D eigenvalue weighted by Crippen LogP contribution is -2.67. The molecule has 5 aliphatic rings. The van der Waals surface area contributed by atoms with Crippen molar-refractivity contribution in [3.8, 4) is 0 Å². The lowest BCUT2D eigenvalue weighted by molar-refractivity contribution is -0.0771. The Morgan fingerprint density at radius 3 is 2.43 bits per heavy atom. The average Bonchev–Trinajstić information content (AvgIpc) is 3.69. The Hall–Kier alpha value is -3.30. The number of likely N-dealkylation sites (tertiary alicyclic amines) is 2. The van der Waals surface area contributed by atoms with E-state index >= 15 is 0 Å². The fraction of sp³-hybridized carbons (Fsp3) is 0.600. The van der Waals surface area contributed by atoms with Gasteiger partial charge in [0.1, 0.15) is 6.33 Å². The van der Waals surface area contributed by atoms with Gasteiger partial charge in [0.05, 0.1) is 11.5 Å². The van der Waals surface area contributed by atoms with Gasteiger partial charge in [-0.2, -0.15) is 10.3 Å². The first kappa shape index (κ1) is 19.9. The number of carbonyl (C=O) groups is 1. The van der Waals surface area contributed by atoms with Crippen LogP contribution in [0.4, 0.5) is 4.79 Å². The van der Waals surface area contributed by atoms with Gasteiger partial charge < -0.3 is 9.80 Å². The molecule has 1 aromatic carbocycles. The number of urea groups is 1. The quantitative estimate of drug-likeness (QED) is 0.613. The zero-order valence-electron chi connectivity index (χ0n) is 19.7. The molecule has 1 spiro atoms. The van der Waals surface area contributed by atoms with Crippen LogP contribution in [-0.4, -0.2) is 77.4 Å². The zero-order valence-corrected chi connectivity index (χ0v) is 19.7. The number of hydrogen-bond acceptors (Lipinski definition) is 6. The molecular weight excluding hydrogens is 442 g/mol. The number of aromatic nitrogens is 7. The van der Waals surface area contributed by atoms with Crippen molar-refractivity contribution in [1.29, 1.82) is 0 Å². The monoisotopic (exact) mass is 471 g/mol. The number of hydrogen-bond donors (Lipinski definition) is 1. The number of benzene rings is 1. The lowest BCUT2D eigenvalue weighted by Gasteiger charge is -2.60. The SMILES string of the molecule is O=C(N1CC(c2ccc(C3(c4nn[nH]n4)CC3)cc2)C1)N1CC2(CC(n3cnc(C4CC4)n3)C2)C1. The van der Waals surface area contributed by atoms with E-state index in [0.29, 0.717) is 23.3 Å². The van der Waals surface area contributed by atoms with Crippen molar-refractivity contribution in [2.75, 3.05) is 26.2 Å². The third-order valence-electron chi connectivity index (χ3n) is 9.11. The van der Waals surface area contributed by atoms with Crippen LogP contribution in [0.25, 0.3) is 0 Å². The highest BCUT2D eigenvalue weighted by atomic mass is 16.2. The van der Waals surface area contributed by atoms with Crippen LogP contribution < -0.4 is 0 Å². The summed E-state index contributed by atoms with van der Waals surface area (Å²) in [6.45, 7) is 3.40. The minimum Gasteiger partial charge on any atom is -0.323 e. The molecule has 1 N–H and O–H groups in total. The number of nitrogens with one attached hydrogen (secondary N) is 1. The van der Waals surface area contributed by atoms with Gasteiger partial charge in [-0.25, -0.2) is 14.5 Å². The highest BCUT2D eigenvalue weighted by molar-refractivity contribution is 5.77. The van der Waals surface area contributed by atoms with Crippen LogP contribution in [0.1, 0.15) is 79.2 Å². The molecule has 2 aromatic heterocycles. The van der Waals surface area contributed by atoms with Crippen molar-refractivity contribution < 1.29 is 4.79 Å². The number of H-pyrrole nitrogens is 1. The summed E-state index contributed by atoms with van der Waals surface area (Å²) in [4.78, 5) is 21.5. The standard InChI is InChI=1S/C25H29N9O/c35-23(33-13-24(14-33)9-20(10-24)34-15-26-21(29-34)17-1-2-17)32-11-18(12-32)16-3-5-19(6-4-16)25(7-8-25)22-27-30-31-28-22/h3-6,15,17-18,20H,1-2,7-14H2,(H,27,28,30,31). The molecule has 180 valence electrons. The summed E-state index contributed by atoms with van der Waals surface area (Å²) < 4.78 is 2.07. The molecule has 3 aliphatic carbocycles. The maximum atomic E-state index is 13.0. The maximum Gasteiger partial charge on any atom is 0.320 e. The molecule has 35 heavy (non-hydrogen) atoms. The first-order chi connectivity index (χ1) is 17.1. The summed E-state index contributed by atoms with van der Waals surface area (Å²) in [6.07, 6.45) is 8.75. The Bertz CT molecular complexity index is 1250. The molecule has 0 atom stereocenters.